The Morgan fingerprint density at radius 3 is 2.24 bits per heavy atom. The number of anilines is 2. The molecule has 0 aliphatic heterocycles. The van der Waals surface area contributed by atoms with Crippen LogP contribution in [0.1, 0.15) is 15.9 Å². The minimum atomic E-state index is -0.341. The van der Waals surface area contributed by atoms with E-state index in [0.717, 1.165) is 11.3 Å². The number of carbonyl (C=O) groups is 2. The van der Waals surface area contributed by atoms with E-state index in [1.165, 1.54) is 7.11 Å². The molecule has 6 heteroatoms. The molecule has 0 spiro atoms. The maximum absolute atomic E-state index is 12.5. The van der Waals surface area contributed by atoms with E-state index < -0.39 is 0 Å². The van der Waals surface area contributed by atoms with E-state index in [9.17, 15) is 9.59 Å². The van der Waals surface area contributed by atoms with Crippen LogP contribution in [0.3, 0.4) is 0 Å². The number of ether oxygens (including phenoxy) is 2. The van der Waals surface area contributed by atoms with E-state index in [0.29, 0.717) is 22.7 Å². The molecule has 29 heavy (non-hydrogen) atoms. The van der Waals surface area contributed by atoms with Gasteiger partial charge in [0.1, 0.15) is 0 Å². The van der Waals surface area contributed by atoms with Crippen LogP contribution in [-0.4, -0.2) is 25.5 Å². The van der Waals surface area contributed by atoms with Crippen molar-refractivity contribution in [1.82, 2.24) is 0 Å². The first-order valence-electron chi connectivity index (χ1n) is 9.09. The maximum atomic E-state index is 12.5. The summed E-state index contributed by atoms with van der Waals surface area (Å²) in [7, 11) is 1.54. The van der Waals surface area contributed by atoms with E-state index >= 15 is 0 Å². The Hall–Kier alpha value is -3.80. The van der Waals surface area contributed by atoms with Crippen molar-refractivity contribution in [3.05, 3.63) is 83.9 Å². The number of aryl methyl sites for hydroxylation is 1. The molecule has 0 atom stereocenters. The second-order valence-electron chi connectivity index (χ2n) is 6.39. The van der Waals surface area contributed by atoms with Gasteiger partial charge in [-0.05, 0) is 55.0 Å². The molecule has 0 saturated carbocycles. The Labute approximate surface area is 169 Å². The van der Waals surface area contributed by atoms with Crippen LogP contribution in [0, 0.1) is 6.92 Å². The largest absolute Gasteiger partial charge is 0.493 e. The molecule has 0 heterocycles. The average Bonchev–Trinajstić information content (AvgIpc) is 2.72. The van der Waals surface area contributed by atoms with Crippen LogP contribution < -0.4 is 20.1 Å². The van der Waals surface area contributed by atoms with Gasteiger partial charge in [-0.2, -0.15) is 0 Å². The van der Waals surface area contributed by atoms with Gasteiger partial charge in [-0.15, -0.1) is 0 Å². The highest BCUT2D eigenvalue weighted by molar-refractivity contribution is 6.05. The van der Waals surface area contributed by atoms with Crippen molar-refractivity contribution in [1.29, 1.82) is 0 Å². The van der Waals surface area contributed by atoms with Gasteiger partial charge >= 0.3 is 0 Å². The molecule has 148 valence electrons. The van der Waals surface area contributed by atoms with E-state index in [1.54, 1.807) is 42.5 Å². The summed E-state index contributed by atoms with van der Waals surface area (Å²) in [6.07, 6.45) is 0. The van der Waals surface area contributed by atoms with Crippen LogP contribution in [0.5, 0.6) is 11.5 Å². The monoisotopic (exact) mass is 390 g/mol. The van der Waals surface area contributed by atoms with Gasteiger partial charge in [-0.25, -0.2) is 0 Å². The van der Waals surface area contributed by atoms with Gasteiger partial charge < -0.3 is 20.1 Å². The third-order valence-electron chi connectivity index (χ3n) is 4.11. The summed E-state index contributed by atoms with van der Waals surface area (Å²) in [5.41, 5.74) is 2.72. The van der Waals surface area contributed by atoms with E-state index in [4.69, 9.17) is 9.47 Å². The number of nitrogens with one attached hydrogen (secondary N) is 2. The summed E-state index contributed by atoms with van der Waals surface area (Å²) in [4.78, 5) is 24.7. The first-order valence-corrected chi connectivity index (χ1v) is 9.09. The van der Waals surface area contributed by atoms with Crippen molar-refractivity contribution in [2.45, 2.75) is 6.92 Å². The molecule has 2 amide bonds. The van der Waals surface area contributed by atoms with Crippen molar-refractivity contribution in [3.8, 4) is 11.5 Å². The normalized spacial score (nSPS) is 10.1. The van der Waals surface area contributed by atoms with Gasteiger partial charge in [-0.1, -0.05) is 30.3 Å². The smallest absolute Gasteiger partial charge is 0.262 e. The number of methoxy groups -OCH3 is 1. The van der Waals surface area contributed by atoms with Crippen LogP contribution in [-0.2, 0) is 4.79 Å². The van der Waals surface area contributed by atoms with Crippen molar-refractivity contribution in [2.75, 3.05) is 24.4 Å². The first kappa shape index (κ1) is 19.9. The SMILES string of the molecule is COc1ccccc1OCC(=O)Nc1cccc(C(=O)Nc2cccc(C)c2)c1. The van der Waals surface area contributed by atoms with Crippen molar-refractivity contribution in [2.24, 2.45) is 0 Å². The van der Waals surface area contributed by atoms with E-state index in [2.05, 4.69) is 10.6 Å². The lowest BCUT2D eigenvalue weighted by Crippen LogP contribution is -2.20. The summed E-state index contributed by atoms with van der Waals surface area (Å²) >= 11 is 0. The molecule has 0 saturated heterocycles. The molecule has 0 aliphatic rings. The number of rotatable bonds is 7. The van der Waals surface area contributed by atoms with Gasteiger partial charge in [0.2, 0.25) is 0 Å². The van der Waals surface area contributed by atoms with Crippen molar-refractivity contribution >= 4 is 23.2 Å². The number of amides is 2. The molecule has 2 N–H and O–H groups in total. The van der Waals surface area contributed by atoms with Crippen LogP contribution >= 0.6 is 0 Å². The molecule has 0 aromatic heterocycles. The molecule has 0 fully saturated rings. The maximum Gasteiger partial charge on any atom is 0.262 e. The first-order chi connectivity index (χ1) is 14.0. The van der Waals surface area contributed by atoms with E-state index in [1.807, 2.05) is 37.3 Å². The summed E-state index contributed by atoms with van der Waals surface area (Å²) in [6, 6.07) is 21.4. The highest BCUT2D eigenvalue weighted by Crippen LogP contribution is 2.25. The Bertz CT molecular complexity index is 1020. The molecular weight excluding hydrogens is 368 g/mol. The fourth-order valence-electron chi connectivity index (χ4n) is 2.74. The van der Waals surface area contributed by atoms with Crippen molar-refractivity contribution < 1.29 is 19.1 Å². The third kappa shape index (κ3) is 5.59. The zero-order valence-electron chi connectivity index (χ0n) is 16.3. The van der Waals surface area contributed by atoms with Crippen LogP contribution in [0.25, 0.3) is 0 Å². The molecular formula is C23H22N2O4. The molecule has 0 aliphatic carbocycles. The lowest BCUT2D eigenvalue weighted by Gasteiger charge is -2.11. The lowest BCUT2D eigenvalue weighted by molar-refractivity contribution is -0.118. The van der Waals surface area contributed by atoms with Crippen LogP contribution in [0.2, 0.25) is 0 Å². The molecule has 6 nitrogen and oxygen atoms in total. The molecule has 0 radical (unpaired) electrons. The number of benzene rings is 3. The predicted octanol–water partition coefficient (Wildman–Crippen LogP) is 4.27. The summed E-state index contributed by atoms with van der Waals surface area (Å²) in [6.45, 7) is 1.78. The molecule has 3 aromatic rings. The van der Waals surface area contributed by atoms with Gasteiger partial charge in [-0.3, -0.25) is 9.59 Å². The number of hydrogen-bond acceptors (Lipinski definition) is 4. The van der Waals surface area contributed by atoms with Gasteiger partial charge in [0, 0.05) is 16.9 Å². The lowest BCUT2D eigenvalue weighted by atomic mass is 10.1. The van der Waals surface area contributed by atoms with E-state index in [-0.39, 0.29) is 18.4 Å². The Kier molecular flexibility index (Phi) is 6.47. The zero-order chi connectivity index (χ0) is 20.6. The fraction of sp³-hybridized carbons (Fsp3) is 0.130. The molecule has 0 bridgehead atoms. The quantitative estimate of drug-likeness (QED) is 0.632. The Morgan fingerprint density at radius 2 is 1.52 bits per heavy atom. The fourth-order valence-corrected chi connectivity index (χ4v) is 2.74. The topological polar surface area (TPSA) is 76.7 Å². The summed E-state index contributed by atoms with van der Waals surface area (Å²) < 4.78 is 10.7. The van der Waals surface area contributed by atoms with Crippen LogP contribution in [0.4, 0.5) is 11.4 Å². The third-order valence-corrected chi connectivity index (χ3v) is 4.11. The predicted molar refractivity (Wildman–Crippen MR) is 113 cm³/mol. The zero-order valence-corrected chi connectivity index (χ0v) is 16.3. The minimum Gasteiger partial charge on any atom is -0.493 e. The van der Waals surface area contributed by atoms with Crippen molar-refractivity contribution in [3.63, 3.8) is 0 Å². The molecule has 0 unspecified atom stereocenters. The van der Waals surface area contributed by atoms with Gasteiger partial charge in [0.15, 0.2) is 18.1 Å². The average molecular weight is 390 g/mol. The molecule has 3 aromatic carbocycles. The minimum absolute atomic E-state index is 0.180. The highest BCUT2D eigenvalue weighted by Gasteiger charge is 2.10. The number of hydrogen-bond donors (Lipinski definition) is 2. The van der Waals surface area contributed by atoms with Gasteiger partial charge in [0.05, 0.1) is 7.11 Å². The second kappa shape index (κ2) is 9.41. The molecule has 3 rings (SSSR count). The number of para-hydroxylation sites is 2. The Balaban J connectivity index is 1.60. The Morgan fingerprint density at radius 1 is 0.828 bits per heavy atom. The highest BCUT2D eigenvalue weighted by atomic mass is 16.5. The van der Waals surface area contributed by atoms with Gasteiger partial charge in [0.25, 0.3) is 11.8 Å². The summed E-state index contributed by atoms with van der Waals surface area (Å²) in [5.74, 6) is 0.440. The summed E-state index contributed by atoms with van der Waals surface area (Å²) in [5, 5.41) is 5.58. The standard InChI is InChI=1S/C23H22N2O4/c1-16-7-5-9-18(13-16)25-23(27)17-8-6-10-19(14-17)24-22(26)15-29-21-12-4-3-11-20(21)28-2/h3-14H,15H2,1-2H3,(H,24,26)(H,25,27). The second-order valence-corrected chi connectivity index (χ2v) is 6.39. The van der Waals surface area contributed by atoms with Crippen LogP contribution in [0.15, 0.2) is 72.8 Å². The number of carbonyl (C=O) groups excluding carboxylic acids is 2.